The number of anilines is 3. The van der Waals surface area contributed by atoms with Crippen molar-refractivity contribution in [2.24, 2.45) is 0 Å². The van der Waals surface area contributed by atoms with Gasteiger partial charge in [0, 0.05) is 27.8 Å². The molecule has 1 aromatic heterocycles. The maximum absolute atomic E-state index is 6.23. The lowest BCUT2D eigenvalue weighted by Crippen LogP contribution is -2.09. The molecule has 0 N–H and O–H groups in total. The van der Waals surface area contributed by atoms with Crippen molar-refractivity contribution in [1.29, 1.82) is 0 Å². The van der Waals surface area contributed by atoms with E-state index in [1.807, 2.05) is 12.1 Å². The van der Waals surface area contributed by atoms with Gasteiger partial charge in [-0.15, -0.1) is 0 Å². The van der Waals surface area contributed by atoms with E-state index in [-0.39, 0.29) is 0 Å². The highest BCUT2D eigenvalue weighted by atomic mass is 16.3. The molecule has 58 heavy (non-hydrogen) atoms. The molecule has 0 saturated carbocycles. The molecule has 2 heteroatoms. The van der Waals surface area contributed by atoms with Crippen molar-refractivity contribution in [3.63, 3.8) is 0 Å². The summed E-state index contributed by atoms with van der Waals surface area (Å²) in [5, 5.41) is 7.23. The van der Waals surface area contributed by atoms with Gasteiger partial charge in [0.25, 0.3) is 0 Å². The zero-order valence-corrected chi connectivity index (χ0v) is 31.7. The van der Waals surface area contributed by atoms with Gasteiger partial charge in [0.1, 0.15) is 11.2 Å². The van der Waals surface area contributed by atoms with Gasteiger partial charge in [0.05, 0.1) is 0 Å². The van der Waals surface area contributed by atoms with Crippen LogP contribution in [-0.4, -0.2) is 0 Å². The lowest BCUT2D eigenvalue weighted by molar-refractivity contribution is 0.669. The molecule has 0 radical (unpaired) electrons. The minimum atomic E-state index is 0.883. The fourth-order valence-electron chi connectivity index (χ4n) is 8.72. The van der Waals surface area contributed by atoms with Gasteiger partial charge in [0.2, 0.25) is 0 Å². The van der Waals surface area contributed by atoms with Gasteiger partial charge < -0.3 is 9.32 Å². The molecular formula is C56H37NO. The van der Waals surface area contributed by atoms with E-state index in [2.05, 4.69) is 217 Å². The summed E-state index contributed by atoms with van der Waals surface area (Å²) >= 11 is 0. The van der Waals surface area contributed by atoms with Gasteiger partial charge in [-0.3, -0.25) is 0 Å². The van der Waals surface area contributed by atoms with E-state index in [4.69, 9.17) is 4.42 Å². The number of para-hydroxylation sites is 1. The van der Waals surface area contributed by atoms with E-state index in [1.165, 1.54) is 60.5 Å². The van der Waals surface area contributed by atoms with E-state index in [1.54, 1.807) is 0 Å². The summed E-state index contributed by atoms with van der Waals surface area (Å²) in [5.41, 5.74) is 14.7. The van der Waals surface area contributed by atoms with Crippen LogP contribution >= 0.6 is 0 Å². The van der Waals surface area contributed by atoms with Crippen LogP contribution in [0, 0.1) is 0 Å². The molecule has 0 saturated heterocycles. The Hall–Kier alpha value is -7.68. The maximum atomic E-state index is 6.23. The highest BCUT2D eigenvalue weighted by Gasteiger charge is 2.19. The molecule has 0 amide bonds. The largest absolute Gasteiger partial charge is 0.456 e. The highest BCUT2D eigenvalue weighted by molar-refractivity contribution is 6.22. The summed E-state index contributed by atoms with van der Waals surface area (Å²) in [6.07, 6.45) is 0. The molecule has 2 nitrogen and oxygen atoms in total. The summed E-state index contributed by atoms with van der Waals surface area (Å²) in [6, 6.07) is 80.7. The van der Waals surface area contributed by atoms with E-state index in [0.29, 0.717) is 0 Å². The van der Waals surface area contributed by atoms with Gasteiger partial charge in [-0.25, -0.2) is 0 Å². The molecule has 0 aliphatic heterocycles. The van der Waals surface area contributed by atoms with Crippen LogP contribution in [0.15, 0.2) is 229 Å². The molecule has 0 fully saturated rings. The third kappa shape index (κ3) is 5.82. The van der Waals surface area contributed by atoms with Crippen LogP contribution in [0.5, 0.6) is 0 Å². The van der Waals surface area contributed by atoms with Crippen LogP contribution < -0.4 is 4.90 Å². The Morgan fingerprint density at radius 2 is 0.672 bits per heavy atom. The molecule has 0 aliphatic carbocycles. The maximum Gasteiger partial charge on any atom is 0.135 e. The SMILES string of the molecule is c1ccc(-c2ccc(N(c3ccc(-c4ccc5c(c4)c(-c4ccccc4)c(-c4ccccc4)c4ccccc45)cc3)c3ccc4oc5ccccc5c4c3)cc2)cc1. The number of furan rings is 1. The molecule has 11 aromatic rings. The molecule has 1 heterocycles. The Kier molecular flexibility index (Phi) is 8.19. The first-order valence-corrected chi connectivity index (χ1v) is 19.8. The van der Waals surface area contributed by atoms with E-state index < -0.39 is 0 Å². The van der Waals surface area contributed by atoms with Gasteiger partial charge >= 0.3 is 0 Å². The fraction of sp³-hybridized carbons (Fsp3) is 0. The van der Waals surface area contributed by atoms with Crippen LogP contribution in [0.1, 0.15) is 0 Å². The molecule has 0 unspecified atom stereocenters. The van der Waals surface area contributed by atoms with Crippen molar-refractivity contribution in [3.05, 3.63) is 224 Å². The average Bonchev–Trinajstić information content (AvgIpc) is 3.68. The van der Waals surface area contributed by atoms with Gasteiger partial charge in [-0.2, -0.15) is 0 Å². The first-order chi connectivity index (χ1) is 28.8. The van der Waals surface area contributed by atoms with Gasteiger partial charge in [0.15, 0.2) is 0 Å². The quantitative estimate of drug-likeness (QED) is 0.151. The second kappa shape index (κ2) is 14.1. The summed E-state index contributed by atoms with van der Waals surface area (Å²) < 4.78 is 6.23. The minimum Gasteiger partial charge on any atom is -0.456 e. The predicted molar refractivity (Wildman–Crippen MR) is 245 cm³/mol. The van der Waals surface area contributed by atoms with E-state index in [0.717, 1.165) is 44.6 Å². The summed E-state index contributed by atoms with van der Waals surface area (Å²) in [5.74, 6) is 0. The van der Waals surface area contributed by atoms with Crippen molar-refractivity contribution >= 4 is 60.5 Å². The monoisotopic (exact) mass is 739 g/mol. The Balaban J connectivity index is 1.06. The summed E-state index contributed by atoms with van der Waals surface area (Å²) in [6.45, 7) is 0. The number of fused-ring (bicyclic) bond motifs is 6. The van der Waals surface area contributed by atoms with Gasteiger partial charge in [-0.05, 0) is 121 Å². The third-order valence-electron chi connectivity index (χ3n) is 11.5. The molecule has 0 atom stereocenters. The first kappa shape index (κ1) is 33.6. The Morgan fingerprint density at radius 1 is 0.241 bits per heavy atom. The van der Waals surface area contributed by atoms with Crippen molar-refractivity contribution in [2.75, 3.05) is 4.90 Å². The number of rotatable bonds is 7. The zero-order valence-electron chi connectivity index (χ0n) is 31.7. The van der Waals surface area contributed by atoms with Gasteiger partial charge in [-0.1, -0.05) is 170 Å². The molecule has 11 rings (SSSR count). The van der Waals surface area contributed by atoms with E-state index in [9.17, 15) is 0 Å². The lowest BCUT2D eigenvalue weighted by atomic mass is 9.84. The third-order valence-corrected chi connectivity index (χ3v) is 11.5. The van der Waals surface area contributed by atoms with Crippen LogP contribution in [0.3, 0.4) is 0 Å². The van der Waals surface area contributed by atoms with Crippen LogP contribution in [0.4, 0.5) is 17.1 Å². The topological polar surface area (TPSA) is 16.4 Å². The molecule has 0 spiro atoms. The van der Waals surface area contributed by atoms with Crippen molar-refractivity contribution in [2.45, 2.75) is 0 Å². The lowest BCUT2D eigenvalue weighted by Gasteiger charge is -2.26. The van der Waals surface area contributed by atoms with E-state index >= 15 is 0 Å². The number of hydrogen-bond acceptors (Lipinski definition) is 2. The molecule has 0 aliphatic rings. The predicted octanol–water partition coefficient (Wildman–Crippen LogP) is 16.0. The molecule has 0 bridgehead atoms. The average molecular weight is 740 g/mol. The number of benzene rings is 10. The zero-order chi connectivity index (χ0) is 38.4. The standard InChI is InChI=1S/C56H37NO/c1-4-14-38(15-5-1)39-24-29-44(30-25-39)57(46-33-35-54-51(37-46)49-21-12-13-23-53(49)58-54)45-31-26-40(27-32-45)43-28-34-48-47-20-10-11-22-50(47)55(41-16-6-2-7-17-41)56(52(48)36-43)42-18-8-3-9-19-42/h1-37H. The molecule has 272 valence electrons. The first-order valence-electron chi connectivity index (χ1n) is 19.8. The second-order valence-corrected chi connectivity index (χ2v) is 14.9. The summed E-state index contributed by atoms with van der Waals surface area (Å²) in [7, 11) is 0. The van der Waals surface area contributed by atoms with Crippen LogP contribution in [0.25, 0.3) is 88.0 Å². The molecular weight excluding hydrogens is 703 g/mol. The van der Waals surface area contributed by atoms with Crippen molar-refractivity contribution in [3.8, 4) is 44.5 Å². The Morgan fingerprint density at radius 3 is 1.31 bits per heavy atom. The minimum absolute atomic E-state index is 0.883. The number of hydrogen-bond donors (Lipinski definition) is 0. The number of nitrogens with zero attached hydrogens (tertiary/aromatic N) is 1. The van der Waals surface area contributed by atoms with Crippen LogP contribution in [0.2, 0.25) is 0 Å². The second-order valence-electron chi connectivity index (χ2n) is 14.9. The van der Waals surface area contributed by atoms with Crippen molar-refractivity contribution in [1.82, 2.24) is 0 Å². The summed E-state index contributed by atoms with van der Waals surface area (Å²) in [4.78, 5) is 2.34. The van der Waals surface area contributed by atoms with Crippen molar-refractivity contribution < 1.29 is 4.42 Å². The highest BCUT2D eigenvalue weighted by Crippen LogP contribution is 2.46. The van der Waals surface area contributed by atoms with Crippen LogP contribution in [-0.2, 0) is 0 Å². The Bertz CT molecular complexity index is 3240. The molecule has 10 aromatic carbocycles. The smallest absolute Gasteiger partial charge is 0.135 e. The fourth-order valence-corrected chi connectivity index (χ4v) is 8.72. The Labute approximate surface area is 337 Å². The normalized spacial score (nSPS) is 11.4.